The average molecular weight is 397 g/mol. The molecule has 0 saturated heterocycles. The average Bonchev–Trinajstić information content (AvgIpc) is 2.63. The van der Waals surface area contributed by atoms with Crippen molar-refractivity contribution in [2.24, 2.45) is 5.92 Å². The lowest BCUT2D eigenvalue weighted by atomic mass is 10.00. The van der Waals surface area contributed by atoms with Crippen molar-refractivity contribution in [2.45, 2.75) is 84.7 Å². The number of ether oxygens (including phenoxy) is 1. The quantitative estimate of drug-likeness (QED) is 0.234. The van der Waals surface area contributed by atoms with Crippen molar-refractivity contribution in [1.29, 1.82) is 0 Å². The molecule has 0 aromatic heterocycles. The number of aryl methyl sites for hydroxylation is 1. The zero-order chi connectivity index (χ0) is 17.6. The minimum atomic E-state index is 0.176. The van der Waals surface area contributed by atoms with E-state index in [9.17, 15) is 0 Å². The van der Waals surface area contributed by atoms with Gasteiger partial charge in [-0.3, -0.25) is 0 Å². The van der Waals surface area contributed by atoms with Crippen molar-refractivity contribution in [2.75, 3.05) is 11.9 Å². The van der Waals surface area contributed by atoms with Gasteiger partial charge in [0.2, 0.25) is 0 Å². The monoisotopic (exact) mass is 396 g/mol. The number of hydrogen-bond donors (Lipinski definition) is 0. The highest BCUT2D eigenvalue weighted by molar-refractivity contribution is 9.09. The van der Waals surface area contributed by atoms with E-state index in [0.29, 0.717) is 5.92 Å². The summed E-state index contributed by atoms with van der Waals surface area (Å²) in [5, 5.41) is 0.868. The Bertz CT molecular complexity index is 401. The van der Waals surface area contributed by atoms with Crippen molar-refractivity contribution >= 4 is 15.9 Å². The van der Waals surface area contributed by atoms with E-state index in [4.69, 9.17) is 4.74 Å². The molecular formula is C22H37BrO. The van der Waals surface area contributed by atoms with Gasteiger partial charge in [0, 0.05) is 5.33 Å². The van der Waals surface area contributed by atoms with Crippen molar-refractivity contribution < 1.29 is 4.74 Å². The lowest BCUT2D eigenvalue weighted by Gasteiger charge is -2.21. The Labute approximate surface area is 158 Å². The molecule has 0 N–H and O–H groups in total. The minimum Gasteiger partial charge on any atom is -0.372 e. The molecular weight excluding hydrogens is 360 g/mol. The topological polar surface area (TPSA) is 9.23 Å². The smallest absolute Gasteiger partial charge is 0.0921 e. The summed E-state index contributed by atoms with van der Waals surface area (Å²) in [6, 6.07) is 9.09. The van der Waals surface area contributed by atoms with E-state index in [0.717, 1.165) is 11.9 Å². The zero-order valence-corrected chi connectivity index (χ0v) is 17.6. The molecule has 0 spiro atoms. The summed E-state index contributed by atoms with van der Waals surface area (Å²) in [6.45, 7) is 7.69. The Morgan fingerprint density at radius 2 is 1.62 bits per heavy atom. The fourth-order valence-corrected chi connectivity index (χ4v) is 3.60. The van der Waals surface area contributed by atoms with Crippen LogP contribution in [0.1, 0.15) is 89.4 Å². The Balaban J connectivity index is 2.46. The van der Waals surface area contributed by atoms with Gasteiger partial charge >= 0.3 is 0 Å². The van der Waals surface area contributed by atoms with Crippen LogP contribution in [0.15, 0.2) is 24.3 Å². The molecule has 24 heavy (non-hydrogen) atoms. The van der Waals surface area contributed by atoms with Crippen LogP contribution in [0.5, 0.6) is 0 Å². The van der Waals surface area contributed by atoms with Gasteiger partial charge in [-0.25, -0.2) is 0 Å². The third kappa shape index (κ3) is 8.67. The molecule has 1 nitrogen and oxygen atoms in total. The van der Waals surface area contributed by atoms with E-state index in [1.54, 1.807) is 0 Å². The Morgan fingerprint density at radius 3 is 2.21 bits per heavy atom. The summed E-state index contributed by atoms with van der Waals surface area (Å²) in [7, 11) is 0. The fraction of sp³-hybridized carbons (Fsp3) is 0.727. The van der Waals surface area contributed by atoms with Gasteiger partial charge in [0.15, 0.2) is 0 Å². The largest absolute Gasteiger partial charge is 0.372 e. The van der Waals surface area contributed by atoms with Crippen LogP contribution in [0.4, 0.5) is 0 Å². The number of rotatable bonds is 14. The van der Waals surface area contributed by atoms with Gasteiger partial charge < -0.3 is 4.74 Å². The molecule has 138 valence electrons. The molecule has 0 radical (unpaired) electrons. The molecule has 0 aliphatic rings. The predicted molar refractivity (Wildman–Crippen MR) is 110 cm³/mol. The van der Waals surface area contributed by atoms with E-state index in [1.165, 1.54) is 68.9 Å². The van der Waals surface area contributed by atoms with Crippen molar-refractivity contribution in [1.82, 2.24) is 0 Å². The highest BCUT2D eigenvalue weighted by Gasteiger charge is 2.14. The van der Waals surface area contributed by atoms with Gasteiger partial charge in [0.1, 0.15) is 0 Å². The third-order valence-electron chi connectivity index (χ3n) is 4.89. The second-order valence-corrected chi connectivity index (χ2v) is 7.59. The van der Waals surface area contributed by atoms with Gasteiger partial charge in [-0.1, -0.05) is 99.5 Å². The SMILES string of the molecule is CCCCCCc1ccc(C(CBr)OCC(CC)CCCC)cc1. The maximum absolute atomic E-state index is 6.23. The summed E-state index contributed by atoms with van der Waals surface area (Å²) in [6.07, 6.45) is 11.8. The molecule has 0 bridgehead atoms. The van der Waals surface area contributed by atoms with E-state index < -0.39 is 0 Å². The van der Waals surface area contributed by atoms with E-state index in [2.05, 4.69) is 61.0 Å². The summed E-state index contributed by atoms with van der Waals surface area (Å²) in [5.41, 5.74) is 2.76. The number of benzene rings is 1. The highest BCUT2D eigenvalue weighted by atomic mass is 79.9. The minimum absolute atomic E-state index is 0.176. The van der Waals surface area contributed by atoms with Crippen LogP contribution in [0.2, 0.25) is 0 Å². The number of hydrogen-bond acceptors (Lipinski definition) is 1. The molecule has 0 aliphatic carbocycles. The standard InChI is InChI=1S/C22H37BrO/c1-4-7-9-10-12-20-13-15-21(16-14-20)22(17-23)24-18-19(6-3)11-8-5-2/h13-16,19,22H,4-12,17-18H2,1-3H3. The fourth-order valence-electron chi connectivity index (χ4n) is 3.04. The molecule has 2 heteroatoms. The molecule has 1 aromatic rings. The van der Waals surface area contributed by atoms with Crippen LogP contribution < -0.4 is 0 Å². The number of alkyl halides is 1. The lowest BCUT2D eigenvalue weighted by molar-refractivity contribution is 0.0393. The van der Waals surface area contributed by atoms with Crippen LogP contribution in [0, 0.1) is 5.92 Å². The predicted octanol–water partition coefficient (Wildman–Crippen LogP) is 7.48. The second kappa shape index (κ2) is 13.9. The van der Waals surface area contributed by atoms with Crippen molar-refractivity contribution in [3.05, 3.63) is 35.4 Å². The molecule has 1 rings (SSSR count). The van der Waals surface area contributed by atoms with Crippen LogP contribution in [-0.4, -0.2) is 11.9 Å². The molecule has 1 aromatic carbocycles. The first kappa shape index (κ1) is 21.7. The van der Waals surface area contributed by atoms with Gasteiger partial charge in [-0.05, 0) is 36.3 Å². The number of halogens is 1. The molecule has 2 atom stereocenters. The first-order valence-corrected chi connectivity index (χ1v) is 11.1. The Morgan fingerprint density at radius 1 is 0.917 bits per heavy atom. The summed E-state index contributed by atoms with van der Waals surface area (Å²) in [5.74, 6) is 0.698. The second-order valence-electron chi connectivity index (χ2n) is 6.95. The van der Waals surface area contributed by atoms with Gasteiger partial charge in [0.25, 0.3) is 0 Å². The van der Waals surface area contributed by atoms with E-state index in [-0.39, 0.29) is 6.10 Å². The highest BCUT2D eigenvalue weighted by Crippen LogP contribution is 2.23. The summed E-state index contributed by atoms with van der Waals surface area (Å²) >= 11 is 3.63. The number of unbranched alkanes of at least 4 members (excludes halogenated alkanes) is 4. The van der Waals surface area contributed by atoms with Crippen LogP contribution in [0.25, 0.3) is 0 Å². The Hall–Kier alpha value is -0.340. The zero-order valence-electron chi connectivity index (χ0n) is 16.0. The molecule has 0 saturated carbocycles. The normalized spacial score (nSPS) is 13.8. The molecule has 2 unspecified atom stereocenters. The molecule has 0 fully saturated rings. The summed E-state index contributed by atoms with van der Waals surface area (Å²) < 4.78 is 6.23. The van der Waals surface area contributed by atoms with E-state index >= 15 is 0 Å². The van der Waals surface area contributed by atoms with Crippen LogP contribution in [-0.2, 0) is 11.2 Å². The Kier molecular flexibility index (Phi) is 12.6. The van der Waals surface area contributed by atoms with Gasteiger partial charge in [0.05, 0.1) is 12.7 Å². The summed E-state index contributed by atoms with van der Waals surface area (Å²) in [4.78, 5) is 0. The lowest BCUT2D eigenvalue weighted by Crippen LogP contribution is -2.14. The molecule has 0 amide bonds. The van der Waals surface area contributed by atoms with Gasteiger partial charge in [-0.2, -0.15) is 0 Å². The molecule has 0 aliphatic heterocycles. The van der Waals surface area contributed by atoms with Crippen molar-refractivity contribution in [3.63, 3.8) is 0 Å². The third-order valence-corrected chi connectivity index (χ3v) is 5.48. The van der Waals surface area contributed by atoms with E-state index in [1.807, 2.05) is 0 Å². The van der Waals surface area contributed by atoms with Crippen LogP contribution in [0.3, 0.4) is 0 Å². The maximum atomic E-state index is 6.23. The van der Waals surface area contributed by atoms with Crippen LogP contribution >= 0.6 is 15.9 Å². The van der Waals surface area contributed by atoms with Gasteiger partial charge in [-0.15, -0.1) is 0 Å². The van der Waals surface area contributed by atoms with Crippen molar-refractivity contribution in [3.8, 4) is 0 Å². The maximum Gasteiger partial charge on any atom is 0.0921 e. The molecule has 0 heterocycles. The first-order chi connectivity index (χ1) is 11.7. The first-order valence-electron chi connectivity index (χ1n) is 10.0.